The van der Waals surface area contributed by atoms with Gasteiger partial charge in [0.25, 0.3) is 0 Å². The number of thioether (sulfide) groups is 1. The van der Waals surface area contributed by atoms with Gasteiger partial charge in [-0.15, -0.1) is 18.3 Å². The van der Waals surface area contributed by atoms with Crippen LogP contribution < -0.4 is 0 Å². The third kappa shape index (κ3) is 5.19. The quantitative estimate of drug-likeness (QED) is 0.208. The highest BCUT2D eigenvalue weighted by atomic mass is 32.2. The predicted molar refractivity (Wildman–Crippen MR) is 139 cm³/mol. The standard InChI is InChI=1S/C27H42N2O5S/c1-5-8-10-14-28(13-6-2)25(32)23-27-19(4)18-20(35-27)21(26(33)34-17-7-3)22(27)24(31)29(23)15-11-9-12-16-30/h6-7,19-23,30H,2-3,5,8-18H2,1,4H3/t19?,20-,21+,22+,23?,27?/m1/s1. The number of aliphatic hydroxyl groups excluding tert-OH is 1. The summed E-state index contributed by atoms with van der Waals surface area (Å²) in [5, 5.41) is 9.17. The lowest BCUT2D eigenvalue weighted by molar-refractivity contribution is -0.153. The highest BCUT2D eigenvalue weighted by molar-refractivity contribution is 8.02. The average Bonchev–Trinajstić information content (AvgIpc) is 3.43. The number of rotatable bonds is 15. The van der Waals surface area contributed by atoms with E-state index in [0.29, 0.717) is 32.5 Å². The summed E-state index contributed by atoms with van der Waals surface area (Å²) in [6, 6.07) is -0.599. The van der Waals surface area contributed by atoms with Crippen molar-refractivity contribution in [3.63, 3.8) is 0 Å². The molecule has 7 nitrogen and oxygen atoms in total. The van der Waals surface area contributed by atoms with Crippen LogP contribution in [0.4, 0.5) is 0 Å². The van der Waals surface area contributed by atoms with E-state index >= 15 is 0 Å². The molecule has 35 heavy (non-hydrogen) atoms. The van der Waals surface area contributed by atoms with Gasteiger partial charge >= 0.3 is 5.97 Å². The monoisotopic (exact) mass is 506 g/mol. The van der Waals surface area contributed by atoms with Crippen molar-refractivity contribution in [1.29, 1.82) is 0 Å². The van der Waals surface area contributed by atoms with Gasteiger partial charge in [0.05, 0.1) is 16.6 Å². The molecule has 1 spiro atoms. The van der Waals surface area contributed by atoms with Crippen molar-refractivity contribution in [3.8, 4) is 0 Å². The van der Waals surface area contributed by atoms with E-state index in [9.17, 15) is 19.5 Å². The molecule has 0 aromatic rings. The van der Waals surface area contributed by atoms with E-state index in [1.165, 1.54) is 6.08 Å². The van der Waals surface area contributed by atoms with Crippen molar-refractivity contribution in [2.75, 3.05) is 32.8 Å². The van der Waals surface area contributed by atoms with Crippen LogP contribution in [0.2, 0.25) is 0 Å². The molecule has 6 atom stereocenters. The van der Waals surface area contributed by atoms with Gasteiger partial charge in [0.2, 0.25) is 11.8 Å². The molecule has 3 heterocycles. The number of carbonyl (C=O) groups is 3. The van der Waals surface area contributed by atoms with Gasteiger partial charge in [-0.2, -0.15) is 0 Å². The minimum absolute atomic E-state index is 0.0175. The minimum atomic E-state index is -0.627. The summed E-state index contributed by atoms with van der Waals surface area (Å²) in [7, 11) is 0. The van der Waals surface area contributed by atoms with Crippen molar-refractivity contribution in [1.82, 2.24) is 9.80 Å². The number of unbranched alkanes of at least 4 members (excludes halogenated alkanes) is 4. The molecular weight excluding hydrogens is 464 g/mol. The van der Waals surface area contributed by atoms with Crippen molar-refractivity contribution in [2.24, 2.45) is 17.8 Å². The van der Waals surface area contributed by atoms with Gasteiger partial charge < -0.3 is 19.6 Å². The number of hydrogen-bond donors (Lipinski definition) is 1. The van der Waals surface area contributed by atoms with Crippen molar-refractivity contribution in [3.05, 3.63) is 25.3 Å². The fourth-order valence-electron chi connectivity index (χ4n) is 6.29. The Balaban J connectivity index is 1.97. The zero-order valence-corrected chi connectivity index (χ0v) is 22.1. The van der Waals surface area contributed by atoms with Crippen LogP contribution in [0.1, 0.15) is 58.8 Å². The molecule has 196 valence electrons. The largest absolute Gasteiger partial charge is 0.461 e. The molecule has 3 saturated heterocycles. The van der Waals surface area contributed by atoms with Crippen molar-refractivity contribution in [2.45, 2.75) is 74.8 Å². The summed E-state index contributed by atoms with van der Waals surface area (Å²) in [4.78, 5) is 44.9. The second-order valence-corrected chi connectivity index (χ2v) is 11.6. The van der Waals surface area contributed by atoms with E-state index in [2.05, 4.69) is 27.0 Å². The predicted octanol–water partition coefficient (Wildman–Crippen LogP) is 3.42. The molecular formula is C27H42N2O5S. The number of nitrogens with zero attached hydrogens (tertiary/aromatic N) is 2. The third-order valence-corrected chi connectivity index (χ3v) is 9.92. The molecule has 0 aliphatic carbocycles. The fraction of sp³-hybridized carbons (Fsp3) is 0.741. The molecule has 0 aromatic heterocycles. The Hall–Kier alpha value is -1.80. The lowest BCUT2D eigenvalue weighted by Crippen LogP contribution is -2.57. The van der Waals surface area contributed by atoms with E-state index < -0.39 is 22.6 Å². The zero-order chi connectivity index (χ0) is 25.6. The summed E-state index contributed by atoms with van der Waals surface area (Å²) in [6.07, 6.45) is 9.24. The van der Waals surface area contributed by atoms with Crippen LogP contribution in [0.25, 0.3) is 0 Å². The molecule has 1 N–H and O–H groups in total. The molecule has 2 bridgehead atoms. The molecule has 8 heteroatoms. The van der Waals surface area contributed by atoms with Gasteiger partial charge in [0.1, 0.15) is 12.6 Å². The Morgan fingerprint density at radius 2 is 2.00 bits per heavy atom. The summed E-state index contributed by atoms with van der Waals surface area (Å²) >= 11 is 1.68. The SMILES string of the molecule is C=CCOC(=O)[C@@H]1[C@H]2C(=O)N(CCCCCO)C(C(=O)N(CC=C)CCCCC)C23S[C@@H]1CC3C. The highest BCUT2D eigenvalue weighted by Crippen LogP contribution is 2.68. The molecule has 3 unspecified atom stereocenters. The zero-order valence-electron chi connectivity index (χ0n) is 21.3. The Labute approximate surface area is 214 Å². The molecule has 3 fully saturated rings. The maximum absolute atomic E-state index is 14.2. The van der Waals surface area contributed by atoms with Crippen LogP contribution in [0.5, 0.6) is 0 Å². The number of esters is 1. The number of carbonyl (C=O) groups excluding carboxylic acids is 3. The van der Waals surface area contributed by atoms with Crippen LogP contribution in [-0.4, -0.2) is 81.6 Å². The Morgan fingerprint density at radius 1 is 1.23 bits per heavy atom. The number of amides is 2. The molecule has 0 saturated carbocycles. The van der Waals surface area contributed by atoms with Gasteiger partial charge in [-0.05, 0) is 38.0 Å². The first-order chi connectivity index (χ1) is 16.9. The molecule has 3 aliphatic rings. The summed E-state index contributed by atoms with van der Waals surface area (Å²) < 4.78 is 4.81. The lowest BCUT2D eigenvalue weighted by atomic mass is 9.66. The Kier molecular flexibility index (Phi) is 9.87. The van der Waals surface area contributed by atoms with Gasteiger partial charge in [0, 0.05) is 31.5 Å². The van der Waals surface area contributed by atoms with Gasteiger partial charge in [-0.3, -0.25) is 14.4 Å². The molecule has 3 aliphatic heterocycles. The van der Waals surface area contributed by atoms with E-state index in [1.807, 2.05) is 4.90 Å². The van der Waals surface area contributed by atoms with Gasteiger partial charge in [0.15, 0.2) is 0 Å². The van der Waals surface area contributed by atoms with Crippen molar-refractivity contribution < 1.29 is 24.2 Å². The normalized spacial score (nSPS) is 30.9. The minimum Gasteiger partial charge on any atom is -0.461 e. The number of likely N-dealkylation sites (tertiary alicyclic amines) is 1. The first-order valence-corrected chi connectivity index (χ1v) is 14.0. The second kappa shape index (κ2) is 12.4. The number of ether oxygens (including phenoxy) is 1. The number of hydrogen-bond acceptors (Lipinski definition) is 6. The van der Waals surface area contributed by atoms with E-state index in [4.69, 9.17) is 4.74 Å². The fourth-order valence-corrected chi connectivity index (χ4v) is 8.69. The van der Waals surface area contributed by atoms with Crippen molar-refractivity contribution >= 4 is 29.5 Å². The van der Waals surface area contributed by atoms with Crippen LogP contribution in [0.3, 0.4) is 0 Å². The summed E-state index contributed by atoms with van der Waals surface area (Å²) in [5.41, 5.74) is 0. The Bertz CT molecular complexity index is 804. The maximum atomic E-state index is 14.2. The molecule has 3 rings (SSSR count). The highest BCUT2D eigenvalue weighted by Gasteiger charge is 2.76. The van der Waals surface area contributed by atoms with Crippen LogP contribution in [0, 0.1) is 17.8 Å². The van der Waals surface area contributed by atoms with E-state index in [0.717, 1.165) is 32.1 Å². The van der Waals surface area contributed by atoms with Gasteiger partial charge in [-0.25, -0.2) is 0 Å². The Morgan fingerprint density at radius 3 is 2.66 bits per heavy atom. The molecule has 0 radical (unpaired) electrons. The first-order valence-electron chi connectivity index (χ1n) is 13.1. The van der Waals surface area contributed by atoms with Crippen LogP contribution in [0.15, 0.2) is 25.3 Å². The third-order valence-electron chi connectivity index (χ3n) is 7.84. The molecule has 0 aromatic carbocycles. The van der Waals surface area contributed by atoms with Crippen LogP contribution in [-0.2, 0) is 19.1 Å². The first kappa shape index (κ1) is 27.8. The summed E-state index contributed by atoms with van der Waals surface area (Å²) in [6.45, 7) is 13.5. The van der Waals surface area contributed by atoms with Crippen LogP contribution >= 0.6 is 11.8 Å². The topological polar surface area (TPSA) is 87.1 Å². The average molecular weight is 507 g/mol. The van der Waals surface area contributed by atoms with Gasteiger partial charge in [-0.1, -0.05) is 45.4 Å². The lowest BCUT2D eigenvalue weighted by Gasteiger charge is -2.40. The van der Waals surface area contributed by atoms with E-state index in [1.54, 1.807) is 22.7 Å². The number of aliphatic hydroxyl groups is 1. The maximum Gasteiger partial charge on any atom is 0.311 e. The summed E-state index contributed by atoms with van der Waals surface area (Å²) in [5.74, 6) is -1.43. The number of fused-ring (bicyclic) bond motifs is 1. The second-order valence-electron chi connectivity index (χ2n) is 10.1. The van der Waals surface area contributed by atoms with E-state index in [-0.39, 0.29) is 42.2 Å². The smallest absolute Gasteiger partial charge is 0.311 e. The molecule has 2 amide bonds.